The first-order valence-electron chi connectivity index (χ1n) is 6.10. The molecule has 0 saturated heterocycles. The highest BCUT2D eigenvalue weighted by Gasteiger charge is 2.07. The van der Waals surface area contributed by atoms with Crippen LogP contribution in [0.25, 0.3) is 45.5 Å². The van der Waals surface area contributed by atoms with Crippen molar-refractivity contribution in [3.05, 3.63) is 59.0 Å². The first-order valence-corrected chi connectivity index (χ1v) is 6.10. The number of hydrogen-bond donors (Lipinski definition) is 0. The average molecular weight is 228 g/mol. The SMILES string of the molecule is C=c1ccc2ccc3c(=C)ccc4ccc1c2c43. The Kier molecular flexibility index (Phi) is 1.67. The quantitative estimate of drug-likeness (QED) is 0.405. The van der Waals surface area contributed by atoms with Gasteiger partial charge in [-0.15, -0.1) is 0 Å². The maximum Gasteiger partial charge on any atom is -0.00208 e. The van der Waals surface area contributed by atoms with E-state index in [9.17, 15) is 0 Å². The minimum Gasteiger partial charge on any atom is -0.0911 e. The molecule has 0 atom stereocenters. The molecule has 4 aromatic carbocycles. The molecule has 0 nitrogen and oxygen atoms in total. The Bertz CT molecular complexity index is 909. The molecule has 0 bridgehead atoms. The fourth-order valence-electron chi connectivity index (χ4n) is 2.92. The maximum absolute atomic E-state index is 4.13. The summed E-state index contributed by atoms with van der Waals surface area (Å²) < 4.78 is 0. The molecule has 0 heterocycles. The predicted octanol–water partition coefficient (Wildman–Crippen LogP) is 3.40. The van der Waals surface area contributed by atoms with Crippen molar-refractivity contribution in [2.24, 2.45) is 0 Å². The summed E-state index contributed by atoms with van der Waals surface area (Å²) in [6, 6.07) is 17.2. The standard InChI is InChI=1S/C18H12/c1-11-3-5-13-8-10-16-12(2)4-6-14-7-9-15(11)17(13)18(14)16/h3-10H,1-2H2. The maximum atomic E-state index is 4.13. The van der Waals surface area contributed by atoms with Gasteiger partial charge in [-0.3, -0.25) is 0 Å². The Morgan fingerprint density at radius 1 is 0.500 bits per heavy atom. The van der Waals surface area contributed by atoms with Crippen LogP contribution < -0.4 is 10.4 Å². The van der Waals surface area contributed by atoms with E-state index in [0.717, 1.165) is 10.4 Å². The van der Waals surface area contributed by atoms with Crippen LogP contribution in [0.4, 0.5) is 0 Å². The van der Waals surface area contributed by atoms with Crippen molar-refractivity contribution in [2.75, 3.05) is 0 Å². The van der Waals surface area contributed by atoms with E-state index in [1.54, 1.807) is 0 Å². The molecule has 0 aliphatic rings. The fraction of sp³-hybridized carbons (Fsp3) is 0. The van der Waals surface area contributed by atoms with Crippen LogP contribution >= 0.6 is 0 Å². The van der Waals surface area contributed by atoms with Crippen LogP contribution in [-0.2, 0) is 0 Å². The Morgan fingerprint density at radius 2 is 0.889 bits per heavy atom. The highest BCUT2D eigenvalue weighted by molar-refractivity contribution is 6.22. The summed E-state index contributed by atoms with van der Waals surface area (Å²) in [6.07, 6.45) is 0. The van der Waals surface area contributed by atoms with Gasteiger partial charge < -0.3 is 0 Å². The topological polar surface area (TPSA) is 0 Å². The Labute approximate surface area is 105 Å². The van der Waals surface area contributed by atoms with Gasteiger partial charge in [0.25, 0.3) is 0 Å². The lowest BCUT2D eigenvalue weighted by atomic mass is 9.93. The monoisotopic (exact) mass is 228 g/mol. The van der Waals surface area contributed by atoms with Gasteiger partial charge >= 0.3 is 0 Å². The summed E-state index contributed by atoms with van der Waals surface area (Å²) in [5, 5.41) is 9.87. The zero-order chi connectivity index (χ0) is 12.3. The van der Waals surface area contributed by atoms with Crippen molar-refractivity contribution in [1.29, 1.82) is 0 Å². The largest absolute Gasteiger partial charge is 0.0911 e. The van der Waals surface area contributed by atoms with Gasteiger partial charge in [0, 0.05) is 0 Å². The zero-order valence-corrected chi connectivity index (χ0v) is 10.0. The van der Waals surface area contributed by atoms with Gasteiger partial charge in [0.15, 0.2) is 0 Å². The number of hydrogen-bond acceptors (Lipinski definition) is 0. The van der Waals surface area contributed by atoms with Gasteiger partial charge in [-0.05, 0) is 42.8 Å². The minimum atomic E-state index is 1.09. The number of rotatable bonds is 0. The molecule has 18 heavy (non-hydrogen) atoms. The molecule has 0 saturated carbocycles. The van der Waals surface area contributed by atoms with Crippen molar-refractivity contribution in [2.45, 2.75) is 0 Å². The molecule has 4 aromatic rings. The molecule has 0 aromatic heterocycles. The van der Waals surface area contributed by atoms with Gasteiger partial charge in [0.05, 0.1) is 0 Å². The van der Waals surface area contributed by atoms with Crippen LogP contribution in [0, 0.1) is 0 Å². The van der Waals surface area contributed by atoms with E-state index >= 15 is 0 Å². The summed E-state index contributed by atoms with van der Waals surface area (Å²) >= 11 is 0. The van der Waals surface area contributed by atoms with Crippen LogP contribution in [0.5, 0.6) is 0 Å². The van der Waals surface area contributed by atoms with Crippen LogP contribution in [0.15, 0.2) is 48.5 Å². The summed E-state index contributed by atoms with van der Waals surface area (Å²) in [4.78, 5) is 0. The van der Waals surface area contributed by atoms with Crippen LogP contribution in [-0.4, -0.2) is 0 Å². The molecule has 84 valence electrons. The van der Waals surface area contributed by atoms with Crippen molar-refractivity contribution in [3.63, 3.8) is 0 Å². The first-order chi connectivity index (χ1) is 8.75. The summed E-state index contributed by atoms with van der Waals surface area (Å²) in [5.74, 6) is 0. The Balaban J connectivity index is 2.56. The molecule has 0 radical (unpaired) electrons. The minimum absolute atomic E-state index is 1.09. The molecule has 0 unspecified atom stereocenters. The molecule has 0 aliphatic heterocycles. The molecule has 0 aliphatic carbocycles. The second-order valence-electron chi connectivity index (χ2n) is 4.87. The molecule has 0 fully saturated rings. The first kappa shape index (κ1) is 9.67. The van der Waals surface area contributed by atoms with Gasteiger partial charge in [-0.2, -0.15) is 0 Å². The normalized spacial score (nSPS) is 11.8. The third kappa shape index (κ3) is 1.05. The van der Waals surface area contributed by atoms with Crippen molar-refractivity contribution in [1.82, 2.24) is 0 Å². The predicted molar refractivity (Wildman–Crippen MR) is 80.4 cm³/mol. The molecule has 0 heteroatoms. The molecule has 4 rings (SSSR count). The van der Waals surface area contributed by atoms with Gasteiger partial charge in [0.1, 0.15) is 0 Å². The lowest BCUT2D eigenvalue weighted by molar-refractivity contribution is 1.70. The molecular weight excluding hydrogens is 216 g/mol. The summed E-state index contributed by atoms with van der Waals surface area (Å²) in [6.45, 7) is 8.27. The summed E-state index contributed by atoms with van der Waals surface area (Å²) in [5.41, 5.74) is 0. The lowest BCUT2D eigenvalue weighted by Gasteiger charge is -2.10. The summed E-state index contributed by atoms with van der Waals surface area (Å²) in [7, 11) is 0. The van der Waals surface area contributed by atoms with E-state index in [0.29, 0.717) is 0 Å². The number of benzene rings is 4. The van der Waals surface area contributed by atoms with E-state index in [4.69, 9.17) is 0 Å². The van der Waals surface area contributed by atoms with Crippen molar-refractivity contribution < 1.29 is 0 Å². The molecule has 0 N–H and O–H groups in total. The average Bonchev–Trinajstić information content (AvgIpc) is 2.40. The van der Waals surface area contributed by atoms with Crippen LogP contribution in [0.2, 0.25) is 0 Å². The Morgan fingerprint density at radius 3 is 1.33 bits per heavy atom. The zero-order valence-electron chi connectivity index (χ0n) is 10.0. The lowest BCUT2D eigenvalue weighted by Crippen LogP contribution is -2.03. The second kappa shape index (κ2) is 3.11. The Hall–Kier alpha value is -2.34. The highest BCUT2D eigenvalue weighted by atomic mass is 14.1. The smallest absolute Gasteiger partial charge is 0.00208 e. The van der Waals surface area contributed by atoms with Gasteiger partial charge in [-0.1, -0.05) is 61.7 Å². The van der Waals surface area contributed by atoms with Crippen LogP contribution in [0.1, 0.15) is 0 Å². The van der Waals surface area contributed by atoms with E-state index in [1.165, 1.54) is 32.3 Å². The van der Waals surface area contributed by atoms with E-state index in [2.05, 4.69) is 61.7 Å². The van der Waals surface area contributed by atoms with Crippen molar-refractivity contribution in [3.8, 4) is 0 Å². The van der Waals surface area contributed by atoms with E-state index in [1.807, 2.05) is 0 Å². The third-order valence-electron chi connectivity index (χ3n) is 3.85. The second-order valence-corrected chi connectivity index (χ2v) is 4.87. The van der Waals surface area contributed by atoms with Crippen molar-refractivity contribution >= 4 is 45.5 Å². The van der Waals surface area contributed by atoms with Gasteiger partial charge in [0.2, 0.25) is 0 Å². The van der Waals surface area contributed by atoms with E-state index < -0.39 is 0 Å². The third-order valence-corrected chi connectivity index (χ3v) is 3.85. The fourth-order valence-corrected chi connectivity index (χ4v) is 2.92. The molecular formula is C18H12. The highest BCUT2D eigenvalue weighted by Crippen LogP contribution is 2.31. The molecule has 0 spiro atoms. The molecule has 0 amide bonds. The van der Waals surface area contributed by atoms with Crippen LogP contribution in [0.3, 0.4) is 0 Å². The van der Waals surface area contributed by atoms with E-state index in [-0.39, 0.29) is 0 Å². The van der Waals surface area contributed by atoms with Gasteiger partial charge in [-0.25, -0.2) is 0 Å².